The molecule has 0 aliphatic carbocycles. The summed E-state index contributed by atoms with van der Waals surface area (Å²) >= 11 is 10.0. The Balaban J connectivity index is 2.28. The maximum Gasteiger partial charge on any atom is 0.146 e. The molecular formula is C12H13ClIN3S. The molecule has 0 amide bonds. The fourth-order valence-electron chi connectivity index (χ4n) is 1.64. The van der Waals surface area contributed by atoms with E-state index in [0.717, 1.165) is 38.6 Å². The second kappa shape index (κ2) is 6.25. The molecular weight excluding hydrogens is 381 g/mol. The average molecular weight is 394 g/mol. The highest BCUT2D eigenvalue weighted by molar-refractivity contribution is 14.1. The van der Waals surface area contributed by atoms with E-state index < -0.39 is 0 Å². The Hall–Kier alpha value is -0.270. The van der Waals surface area contributed by atoms with Crippen molar-refractivity contribution in [3.05, 3.63) is 36.3 Å². The van der Waals surface area contributed by atoms with Gasteiger partial charge < -0.3 is 0 Å². The van der Waals surface area contributed by atoms with Crippen LogP contribution in [0.1, 0.15) is 35.6 Å². The van der Waals surface area contributed by atoms with Gasteiger partial charge in [-0.05, 0) is 35.9 Å². The summed E-state index contributed by atoms with van der Waals surface area (Å²) in [6.07, 6.45) is 2.64. The minimum absolute atomic E-state index is 0.552. The van der Waals surface area contributed by atoms with Gasteiger partial charge in [-0.15, -0.1) is 11.3 Å². The molecule has 0 N–H and O–H groups in total. The third-order valence-electron chi connectivity index (χ3n) is 2.42. The monoisotopic (exact) mass is 393 g/mol. The van der Waals surface area contributed by atoms with Crippen LogP contribution in [-0.4, -0.2) is 15.0 Å². The predicted octanol–water partition coefficient (Wildman–Crippen LogP) is 4.04. The number of rotatable bonds is 4. The third kappa shape index (κ3) is 3.39. The SMILES string of the molecule is CCCc1nc(Cc2csc(C)n2)nc(Cl)c1I. The first kappa shape index (κ1) is 14.1. The molecule has 2 aromatic rings. The lowest BCUT2D eigenvalue weighted by Gasteiger charge is -2.06. The minimum Gasteiger partial charge on any atom is -0.246 e. The Bertz CT molecular complexity index is 556. The van der Waals surface area contributed by atoms with Crippen molar-refractivity contribution in [3.8, 4) is 0 Å². The van der Waals surface area contributed by atoms with Crippen LogP contribution >= 0.6 is 45.5 Å². The highest BCUT2D eigenvalue weighted by atomic mass is 127. The largest absolute Gasteiger partial charge is 0.246 e. The standard InChI is InChI=1S/C12H13ClIN3S/c1-3-4-9-11(14)12(13)17-10(16-9)5-8-6-18-7(2)15-8/h6H,3-5H2,1-2H3. The molecule has 6 heteroatoms. The number of nitrogens with zero attached hydrogens (tertiary/aromatic N) is 3. The molecule has 0 aliphatic rings. The first-order valence-corrected chi connectivity index (χ1v) is 8.05. The van der Waals surface area contributed by atoms with Gasteiger partial charge in [0.05, 0.1) is 26.4 Å². The van der Waals surface area contributed by atoms with Crippen LogP contribution in [0.2, 0.25) is 5.15 Å². The molecule has 0 saturated heterocycles. The molecule has 0 saturated carbocycles. The van der Waals surface area contributed by atoms with E-state index in [0.29, 0.717) is 11.6 Å². The highest BCUT2D eigenvalue weighted by Gasteiger charge is 2.11. The van der Waals surface area contributed by atoms with Crippen molar-refractivity contribution in [3.63, 3.8) is 0 Å². The van der Waals surface area contributed by atoms with Gasteiger partial charge in [0.2, 0.25) is 0 Å². The summed E-state index contributed by atoms with van der Waals surface area (Å²) in [4.78, 5) is 13.3. The second-order valence-corrected chi connectivity index (χ2v) is 6.47. The van der Waals surface area contributed by atoms with Gasteiger partial charge >= 0.3 is 0 Å². The van der Waals surface area contributed by atoms with Crippen molar-refractivity contribution >= 4 is 45.5 Å². The van der Waals surface area contributed by atoms with Crippen LogP contribution in [0.25, 0.3) is 0 Å². The topological polar surface area (TPSA) is 38.7 Å². The van der Waals surface area contributed by atoms with Gasteiger partial charge in [-0.3, -0.25) is 0 Å². The fourth-order valence-corrected chi connectivity index (χ4v) is 2.97. The first-order valence-electron chi connectivity index (χ1n) is 5.72. The van der Waals surface area contributed by atoms with Gasteiger partial charge in [0, 0.05) is 5.38 Å². The van der Waals surface area contributed by atoms with Crippen LogP contribution < -0.4 is 0 Å². The molecule has 2 heterocycles. The molecule has 2 rings (SSSR count). The van der Waals surface area contributed by atoms with E-state index in [1.807, 2.05) is 12.3 Å². The molecule has 18 heavy (non-hydrogen) atoms. The van der Waals surface area contributed by atoms with Crippen molar-refractivity contribution in [1.29, 1.82) is 0 Å². The van der Waals surface area contributed by atoms with Crippen LogP contribution in [0.4, 0.5) is 0 Å². The summed E-state index contributed by atoms with van der Waals surface area (Å²) in [6, 6.07) is 0. The molecule has 0 fully saturated rings. The molecule has 2 aromatic heterocycles. The zero-order valence-corrected chi connectivity index (χ0v) is 13.9. The number of halogens is 2. The summed E-state index contributed by atoms with van der Waals surface area (Å²) < 4.78 is 0.967. The normalized spacial score (nSPS) is 10.9. The first-order chi connectivity index (χ1) is 8.60. The van der Waals surface area contributed by atoms with Crippen LogP contribution in [0.3, 0.4) is 0 Å². The Morgan fingerprint density at radius 1 is 1.33 bits per heavy atom. The van der Waals surface area contributed by atoms with E-state index in [9.17, 15) is 0 Å². The zero-order chi connectivity index (χ0) is 13.1. The Labute approximate surface area is 129 Å². The number of hydrogen-bond acceptors (Lipinski definition) is 4. The third-order valence-corrected chi connectivity index (χ3v) is 4.97. The molecule has 0 spiro atoms. The molecule has 0 bridgehead atoms. The Kier molecular flexibility index (Phi) is 4.91. The fraction of sp³-hybridized carbons (Fsp3) is 0.417. The van der Waals surface area contributed by atoms with E-state index in [1.54, 1.807) is 11.3 Å². The van der Waals surface area contributed by atoms with Gasteiger partial charge in [-0.25, -0.2) is 15.0 Å². The molecule has 0 atom stereocenters. The van der Waals surface area contributed by atoms with Gasteiger partial charge in [0.15, 0.2) is 0 Å². The van der Waals surface area contributed by atoms with Gasteiger partial charge in [-0.2, -0.15) is 0 Å². The maximum atomic E-state index is 6.15. The Morgan fingerprint density at radius 2 is 2.11 bits per heavy atom. The highest BCUT2D eigenvalue weighted by Crippen LogP contribution is 2.21. The lowest BCUT2D eigenvalue weighted by atomic mass is 10.2. The molecule has 0 radical (unpaired) electrons. The van der Waals surface area contributed by atoms with E-state index in [4.69, 9.17) is 11.6 Å². The quantitative estimate of drug-likeness (QED) is 0.581. The lowest BCUT2D eigenvalue weighted by molar-refractivity contribution is 0.828. The summed E-state index contributed by atoms with van der Waals surface area (Å²) in [5.41, 5.74) is 2.05. The van der Waals surface area contributed by atoms with Crippen molar-refractivity contribution < 1.29 is 0 Å². The maximum absolute atomic E-state index is 6.15. The van der Waals surface area contributed by atoms with E-state index >= 15 is 0 Å². The van der Waals surface area contributed by atoms with Crippen LogP contribution in [-0.2, 0) is 12.8 Å². The van der Waals surface area contributed by atoms with Gasteiger partial charge in [-0.1, -0.05) is 24.9 Å². The number of thiazole rings is 1. The number of aryl methyl sites for hydroxylation is 2. The molecule has 96 valence electrons. The average Bonchev–Trinajstić information content (AvgIpc) is 2.71. The van der Waals surface area contributed by atoms with Crippen LogP contribution in [0.5, 0.6) is 0 Å². The molecule has 0 aliphatic heterocycles. The Morgan fingerprint density at radius 3 is 2.72 bits per heavy atom. The van der Waals surface area contributed by atoms with Crippen LogP contribution in [0, 0.1) is 10.5 Å². The number of hydrogen-bond donors (Lipinski definition) is 0. The predicted molar refractivity (Wildman–Crippen MR) is 83.4 cm³/mol. The summed E-state index contributed by atoms with van der Waals surface area (Å²) in [7, 11) is 0. The summed E-state index contributed by atoms with van der Waals surface area (Å²) in [5, 5.41) is 3.66. The van der Waals surface area contributed by atoms with E-state index in [2.05, 4.69) is 44.5 Å². The minimum atomic E-state index is 0.552. The van der Waals surface area contributed by atoms with Gasteiger partial charge in [0.25, 0.3) is 0 Å². The molecule has 0 unspecified atom stereocenters. The second-order valence-electron chi connectivity index (χ2n) is 3.98. The smallest absolute Gasteiger partial charge is 0.146 e. The summed E-state index contributed by atoms with van der Waals surface area (Å²) in [6.45, 7) is 4.13. The lowest BCUT2D eigenvalue weighted by Crippen LogP contribution is -2.04. The summed E-state index contributed by atoms with van der Waals surface area (Å²) in [5.74, 6) is 0.758. The molecule has 3 nitrogen and oxygen atoms in total. The molecule has 0 aromatic carbocycles. The van der Waals surface area contributed by atoms with Crippen molar-refractivity contribution in [2.24, 2.45) is 0 Å². The van der Waals surface area contributed by atoms with E-state index in [-0.39, 0.29) is 0 Å². The van der Waals surface area contributed by atoms with Crippen molar-refractivity contribution in [2.45, 2.75) is 33.1 Å². The van der Waals surface area contributed by atoms with Gasteiger partial charge in [0.1, 0.15) is 11.0 Å². The van der Waals surface area contributed by atoms with Crippen molar-refractivity contribution in [1.82, 2.24) is 15.0 Å². The van der Waals surface area contributed by atoms with Crippen molar-refractivity contribution in [2.75, 3.05) is 0 Å². The zero-order valence-electron chi connectivity index (χ0n) is 10.2. The number of aromatic nitrogens is 3. The van der Waals surface area contributed by atoms with Crippen LogP contribution in [0.15, 0.2) is 5.38 Å². The van der Waals surface area contributed by atoms with E-state index in [1.165, 1.54) is 0 Å².